The van der Waals surface area contributed by atoms with Gasteiger partial charge >= 0.3 is 6.03 Å². The zero-order valence-electron chi connectivity index (χ0n) is 30.1. The molecule has 2 saturated carbocycles. The molecular formula is C36H44N6O10. The Morgan fingerprint density at radius 3 is 2.19 bits per heavy atom. The van der Waals surface area contributed by atoms with Crippen molar-refractivity contribution in [2.45, 2.75) is 51.8 Å². The number of carbonyl (C=O) groups is 6. The van der Waals surface area contributed by atoms with E-state index in [9.17, 15) is 49.1 Å². The van der Waals surface area contributed by atoms with Gasteiger partial charge in [0.2, 0.25) is 5.91 Å². The minimum absolute atomic E-state index is 0.0819. The molecule has 0 radical (unpaired) electrons. The number of aromatic hydroxyl groups is 1. The first-order valence-corrected chi connectivity index (χ1v) is 16.8. The lowest BCUT2D eigenvalue weighted by atomic mass is 9.52. The van der Waals surface area contributed by atoms with Gasteiger partial charge in [0.05, 0.1) is 29.0 Å². The maximum atomic E-state index is 14.5. The number of aliphatic hydroxyl groups is 1. The Kier molecular flexibility index (Phi) is 9.80. The molecule has 52 heavy (non-hydrogen) atoms. The third kappa shape index (κ3) is 6.40. The SMILES string of the molecule is CN(C)c1cc(CN(CC(C)(C)C)C(=O)Nc2ccc([N+](=O)[O-])cc2)c(O)c2c1C[C@H]1C[C@H]3[C@H](N(C)C)C(=O)C(C(N)=O)C(=O)[C@@]3(O)C(=O)C1C2=O. The predicted molar refractivity (Wildman–Crippen MR) is 188 cm³/mol. The molecule has 0 spiro atoms. The van der Waals surface area contributed by atoms with Gasteiger partial charge in [-0.1, -0.05) is 20.8 Å². The first-order chi connectivity index (χ1) is 24.1. The zero-order chi connectivity index (χ0) is 38.8. The molecule has 3 amide bonds. The smallest absolute Gasteiger partial charge is 0.322 e. The number of hydrogen-bond acceptors (Lipinski definition) is 12. The van der Waals surface area contributed by atoms with Gasteiger partial charge in [-0.15, -0.1) is 0 Å². The van der Waals surface area contributed by atoms with E-state index >= 15 is 0 Å². The summed E-state index contributed by atoms with van der Waals surface area (Å²) in [5.41, 5.74) is 3.22. The van der Waals surface area contributed by atoms with Gasteiger partial charge in [-0.05, 0) is 62.0 Å². The molecule has 0 bridgehead atoms. The van der Waals surface area contributed by atoms with Crippen molar-refractivity contribution in [3.63, 3.8) is 0 Å². The van der Waals surface area contributed by atoms with Gasteiger partial charge in [-0.3, -0.25) is 39.0 Å². The van der Waals surface area contributed by atoms with Gasteiger partial charge in [0.15, 0.2) is 34.7 Å². The van der Waals surface area contributed by atoms with E-state index in [2.05, 4.69) is 5.32 Å². The Labute approximate surface area is 300 Å². The Bertz CT molecular complexity index is 1880. The lowest BCUT2D eigenvalue weighted by Gasteiger charge is -2.52. The number of nitro benzene ring substituents is 1. The summed E-state index contributed by atoms with van der Waals surface area (Å²) in [6, 6.07) is 5.14. The van der Waals surface area contributed by atoms with Gasteiger partial charge in [0, 0.05) is 55.6 Å². The zero-order valence-corrected chi connectivity index (χ0v) is 30.1. The van der Waals surface area contributed by atoms with E-state index in [1.54, 1.807) is 25.1 Å². The average molecular weight is 721 g/mol. The first kappa shape index (κ1) is 38.0. The standard InChI is InChI=1S/C36H44N6O10/c1-35(2,3)16-41(34(49)38-19-8-10-20(11-9-19)42(51)52)15-18-14-23(39(4)5)21-12-17-13-22-27(40(6)7)30(45)26(33(37)48)32(47)36(22,50)31(46)24(17)29(44)25(21)28(18)43/h8-11,14,17,22,24,26-27,43,50H,12-13,15-16H2,1-7H3,(H2,37,48)(H,38,49)/t17-,22-,24?,26?,27-,36-/m0/s1. The van der Waals surface area contributed by atoms with Crippen molar-refractivity contribution in [3.05, 3.63) is 57.1 Å². The normalized spacial score (nSPS) is 25.6. The average Bonchev–Trinajstić information content (AvgIpc) is 3.02. The maximum absolute atomic E-state index is 14.5. The fourth-order valence-electron chi connectivity index (χ4n) is 8.07. The number of nitrogens with two attached hydrogens (primary N) is 1. The van der Waals surface area contributed by atoms with Crippen LogP contribution in [-0.2, 0) is 32.1 Å². The molecule has 0 aliphatic heterocycles. The van der Waals surface area contributed by atoms with Crippen molar-refractivity contribution in [2.75, 3.05) is 45.0 Å². The molecule has 2 fully saturated rings. The number of carbonyl (C=O) groups excluding carboxylic acids is 6. The molecule has 2 aromatic rings. The number of amides is 3. The number of Topliss-reactive ketones (excluding diaryl/α,β-unsaturated/α-hetero) is 4. The minimum atomic E-state index is -2.85. The number of ketones is 4. The molecule has 2 aromatic carbocycles. The summed E-state index contributed by atoms with van der Waals surface area (Å²) < 4.78 is 0. The molecular weight excluding hydrogens is 676 g/mol. The molecule has 3 aliphatic carbocycles. The lowest BCUT2D eigenvalue weighted by molar-refractivity contribution is -0.384. The number of hydrogen-bond donors (Lipinski definition) is 4. The summed E-state index contributed by atoms with van der Waals surface area (Å²) in [6.07, 6.45) is 0.000971. The summed E-state index contributed by atoms with van der Waals surface area (Å²) in [4.78, 5) is 96.8. The number of primary amides is 1. The highest BCUT2D eigenvalue weighted by Crippen LogP contribution is 2.52. The van der Waals surface area contributed by atoms with Crippen LogP contribution in [0.15, 0.2) is 30.3 Å². The highest BCUT2D eigenvalue weighted by Gasteiger charge is 2.69. The first-order valence-electron chi connectivity index (χ1n) is 16.8. The van der Waals surface area contributed by atoms with Crippen molar-refractivity contribution in [2.24, 2.45) is 34.8 Å². The number of non-ortho nitro benzene ring substituents is 1. The van der Waals surface area contributed by atoms with Crippen LogP contribution in [0.5, 0.6) is 5.75 Å². The molecule has 5 rings (SSSR count). The van der Waals surface area contributed by atoms with Crippen LogP contribution >= 0.6 is 0 Å². The molecule has 278 valence electrons. The number of rotatable bonds is 8. The van der Waals surface area contributed by atoms with E-state index in [0.29, 0.717) is 16.9 Å². The van der Waals surface area contributed by atoms with E-state index < -0.39 is 86.5 Å². The van der Waals surface area contributed by atoms with Crippen molar-refractivity contribution in [1.29, 1.82) is 0 Å². The minimum Gasteiger partial charge on any atom is -0.507 e. The van der Waals surface area contributed by atoms with E-state index in [1.807, 2.05) is 20.8 Å². The molecule has 5 N–H and O–H groups in total. The monoisotopic (exact) mass is 720 g/mol. The number of phenols is 1. The molecule has 6 atom stereocenters. The van der Waals surface area contributed by atoms with Gasteiger partial charge in [-0.2, -0.15) is 0 Å². The molecule has 3 aliphatic rings. The van der Waals surface area contributed by atoms with Crippen LogP contribution in [0, 0.1) is 39.2 Å². The van der Waals surface area contributed by atoms with Gasteiger partial charge in [0.25, 0.3) is 5.69 Å². The number of benzene rings is 2. The van der Waals surface area contributed by atoms with Gasteiger partial charge in [-0.25, -0.2) is 4.79 Å². The van der Waals surface area contributed by atoms with Crippen LogP contribution in [0.1, 0.15) is 48.7 Å². The van der Waals surface area contributed by atoms with Crippen molar-refractivity contribution in [1.82, 2.24) is 9.80 Å². The highest BCUT2D eigenvalue weighted by molar-refractivity contribution is 6.32. The number of anilines is 2. The molecule has 0 saturated heterocycles. The van der Waals surface area contributed by atoms with Gasteiger partial charge < -0.3 is 31.1 Å². The summed E-state index contributed by atoms with van der Waals surface area (Å²) in [6.45, 7) is 5.69. The van der Waals surface area contributed by atoms with Crippen molar-refractivity contribution < 1.29 is 43.9 Å². The third-order valence-corrected chi connectivity index (χ3v) is 10.2. The molecule has 16 nitrogen and oxygen atoms in total. The fraction of sp³-hybridized carbons (Fsp3) is 0.500. The molecule has 16 heteroatoms. The Morgan fingerprint density at radius 1 is 1.06 bits per heavy atom. The quantitative estimate of drug-likeness (QED) is 0.174. The molecule has 2 unspecified atom stereocenters. The largest absolute Gasteiger partial charge is 0.507 e. The molecule has 0 heterocycles. The topological polar surface area (TPSA) is 234 Å². The van der Waals surface area contributed by atoms with E-state index in [-0.39, 0.29) is 42.7 Å². The lowest BCUT2D eigenvalue weighted by Crippen LogP contribution is -2.74. The number of urea groups is 1. The number of likely N-dealkylation sites (N-methyl/N-ethyl adjacent to an activating group) is 1. The Morgan fingerprint density at radius 2 is 1.67 bits per heavy atom. The number of nitro groups is 1. The number of phenolic OH excluding ortho intramolecular Hbond substituents is 1. The third-order valence-electron chi connectivity index (χ3n) is 10.2. The number of nitrogens with one attached hydrogen (secondary N) is 1. The van der Waals surface area contributed by atoms with Crippen LogP contribution in [0.2, 0.25) is 0 Å². The molecule has 0 aromatic heterocycles. The van der Waals surface area contributed by atoms with Crippen LogP contribution < -0.4 is 16.0 Å². The Balaban J connectivity index is 1.56. The van der Waals surface area contributed by atoms with Crippen LogP contribution in [0.3, 0.4) is 0 Å². The van der Waals surface area contributed by atoms with E-state index in [1.165, 1.54) is 48.2 Å². The Hall–Kier alpha value is -5.22. The van der Waals surface area contributed by atoms with Crippen LogP contribution in [0.25, 0.3) is 0 Å². The predicted octanol–water partition coefficient (Wildman–Crippen LogP) is 1.92. The van der Waals surface area contributed by atoms with E-state index in [4.69, 9.17) is 5.73 Å². The number of nitrogens with zero attached hydrogens (tertiary/aromatic N) is 4. The second kappa shape index (κ2) is 13.4. The van der Waals surface area contributed by atoms with Crippen LogP contribution in [0.4, 0.5) is 21.9 Å². The summed E-state index contributed by atoms with van der Waals surface area (Å²) >= 11 is 0. The van der Waals surface area contributed by atoms with Gasteiger partial charge in [0.1, 0.15) is 5.75 Å². The maximum Gasteiger partial charge on any atom is 0.322 e. The second-order valence-corrected chi connectivity index (χ2v) is 15.6. The second-order valence-electron chi connectivity index (χ2n) is 15.6. The number of fused-ring (bicyclic) bond motifs is 3. The fourth-order valence-corrected chi connectivity index (χ4v) is 8.07. The summed E-state index contributed by atoms with van der Waals surface area (Å²) in [5.74, 6) is -11.6. The van der Waals surface area contributed by atoms with Crippen molar-refractivity contribution >= 4 is 52.1 Å². The summed E-state index contributed by atoms with van der Waals surface area (Å²) in [7, 11) is 6.51. The van der Waals surface area contributed by atoms with Crippen LogP contribution in [-0.4, -0.2) is 106 Å². The summed E-state index contributed by atoms with van der Waals surface area (Å²) in [5, 5.41) is 37.5. The van der Waals surface area contributed by atoms with E-state index in [0.717, 1.165) is 0 Å². The highest BCUT2D eigenvalue weighted by atomic mass is 16.6. The van der Waals surface area contributed by atoms with Crippen molar-refractivity contribution in [3.8, 4) is 5.75 Å².